The molecule has 10 nitrogen and oxygen atoms in total. The van der Waals surface area contributed by atoms with E-state index in [2.05, 4.69) is 20.9 Å². The van der Waals surface area contributed by atoms with E-state index in [9.17, 15) is 19.2 Å². The lowest BCUT2D eigenvalue weighted by Gasteiger charge is -2.41. The number of ether oxygens (including phenoxy) is 1. The van der Waals surface area contributed by atoms with Crippen LogP contribution in [0.25, 0.3) is 27.9 Å². The number of anilines is 1. The van der Waals surface area contributed by atoms with E-state index in [1.807, 2.05) is 33.8 Å². The van der Waals surface area contributed by atoms with Crippen molar-refractivity contribution in [2.24, 2.45) is 7.05 Å². The molecule has 0 N–H and O–H groups in total. The van der Waals surface area contributed by atoms with Crippen molar-refractivity contribution in [2.75, 3.05) is 24.5 Å². The SMILES string of the molecule is C[C@H]1CN(c2cc(C#N)c3nc(-n4c(=O)n(C)c5cc(F)ccc54)cnc3c2)CCN1C(=O)OC(C)(C)C. The van der Waals surface area contributed by atoms with Crippen molar-refractivity contribution in [1.29, 1.82) is 5.26 Å². The predicted octanol–water partition coefficient (Wildman–Crippen LogP) is 3.73. The monoisotopic (exact) mass is 517 g/mol. The Morgan fingerprint density at radius 2 is 1.95 bits per heavy atom. The summed E-state index contributed by atoms with van der Waals surface area (Å²) < 4.78 is 22.0. The Balaban J connectivity index is 1.48. The van der Waals surface area contributed by atoms with E-state index in [-0.39, 0.29) is 18.0 Å². The van der Waals surface area contributed by atoms with Gasteiger partial charge in [-0.25, -0.2) is 23.5 Å². The molecule has 5 rings (SSSR count). The average molecular weight is 518 g/mol. The molecule has 2 aromatic carbocycles. The Hall–Kier alpha value is -4.46. The quantitative estimate of drug-likeness (QED) is 0.399. The van der Waals surface area contributed by atoms with E-state index in [1.165, 1.54) is 33.5 Å². The molecule has 1 aliphatic rings. The molecule has 11 heteroatoms. The first kappa shape index (κ1) is 25.2. The molecule has 4 aromatic rings. The number of halogens is 1. The van der Waals surface area contributed by atoms with Gasteiger partial charge in [0.1, 0.15) is 23.0 Å². The predicted molar refractivity (Wildman–Crippen MR) is 141 cm³/mol. The topological polar surface area (TPSA) is 109 Å². The van der Waals surface area contributed by atoms with Crippen LogP contribution in [0, 0.1) is 17.1 Å². The van der Waals surface area contributed by atoms with Gasteiger partial charge in [0.2, 0.25) is 0 Å². The lowest BCUT2D eigenvalue weighted by Crippen LogP contribution is -2.55. The second kappa shape index (κ2) is 9.13. The largest absolute Gasteiger partial charge is 0.444 e. The van der Waals surface area contributed by atoms with Gasteiger partial charge in [0.15, 0.2) is 5.82 Å². The fraction of sp³-hybridized carbons (Fsp3) is 0.370. The number of nitriles is 1. The Kier molecular flexibility index (Phi) is 6.06. The number of carbonyl (C=O) groups is 1. The summed E-state index contributed by atoms with van der Waals surface area (Å²) in [6, 6.07) is 9.79. The van der Waals surface area contributed by atoms with Gasteiger partial charge in [-0.15, -0.1) is 0 Å². The second-order valence-corrected chi connectivity index (χ2v) is 10.5. The summed E-state index contributed by atoms with van der Waals surface area (Å²) in [7, 11) is 1.56. The first-order chi connectivity index (χ1) is 18.0. The van der Waals surface area contributed by atoms with Gasteiger partial charge in [0.25, 0.3) is 0 Å². The summed E-state index contributed by atoms with van der Waals surface area (Å²) in [6.45, 7) is 9.08. The summed E-state index contributed by atoms with van der Waals surface area (Å²) in [5.74, 6) is -0.209. The van der Waals surface area contributed by atoms with Crippen molar-refractivity contribution in [3.05, 3.63) is 58.4 Å². The highest BCUT2D eigenvalue weighted by Gasteiger charge is 2.31. The summed E-state index contributed by atoms with van der Waals surface area (Å²) in [5.41, 5.74) is 1.92. The van der Waals surface area contributed by atoms with Crippen molar-refractivity contribution in [3.8, 4) is 11.9 Å². The number of nitrogens with zero attached hydrogens (tertiary/aromatic N) is 7. The van der Waals surface area contributed by atoms with E-state index in [0.717, 1.165) is 5.69 Å². The second-order valence-electron chi connectivity index (χ2n) is 10.5. The van der Waals surface area contributed by atoms with Crippen LogP contribution in [-0.4, -0.2) is 61.4 Å². The zero-order valence-corrected chi connectivity index (χ0v) is 21.9. The third-order valence-electron chi connectivity index (χ3n) is 6.61. The standard InChI is InChI=1S/C27H28FN7O3/c1-16-15-33(8-9-34(16)26(37)38-27(2,3)4)19-10-17(13-29)24-20(12-19)30-14-23(31-24)35-21-7-6-18(28)11-22(21)32(5)25(35)36/h6-7,10-12,14,16H,8-9,15H2,1-5H3/t16-/m0/s1. The van der Waals surface area contributed by atoms with E-state index in [1.54, 1.807) is 18.0 Å². The lowest BCUT2D eigenvalue weighted by molar-refractivity contribution is 0.0159. The molecule has 38 heavy (non-hydrogen) atoms. The molecule has 0 bridgehead atoms. The number of aromatic nitrogens is 4. The number of imidazole rings is 1. The molecule has 1 atom stereocenters. The van der Waals surface area contributed by atoms with Gasteiger partial charge < -0.3 is 14.5 Å². The number of aryl methyl sites for hydroxylation is 1. The highest BCUT2D eigenvalue weighted by Crippen LogP contribution is 2.27. The lowest BCUT2D eigenvalue weighted by atomic mass is 10.1. The Bertz CT molecular complexity index is 1680. The minimum Gasteiger partial charge on any atom is -0.444 e. The third-order valence-corrected chi connectivity index (χ3v) is 6.61. The van der Waals surface area contributed by atoms with Gasteiger partial charge in [-0.2, -0.15) is 5.26 Å². The van der Waals surface area contributed by atoms with Crippen LogP contribution in [0.4, 0.5) is 14.9 Å². The molecule has 0 radical (unpaired) electrons. The van der Waals surface area contributed by atoms with E-state index in [0.29, 0.717) is 47.3 Å². The molecule has 0 spiro atoms. The minimum absolute atomic E-state index is 0.101. The zero-order valence-electron chi connectivity index (χ0n) is 21.9. The molecule has 0 saturated carbocycles. The summed E-state index contributed by atoms with van der Waals surface area (Å²) in [6.07, 6.45) is 1.13. The fourth-order valence-electron chi connectivity index (χ4n) is 4.78. The molecule has 2 aromatic heterocycles. The number of piperazine rings is 1. The maximum atomic E-state index is 13.8. The maximum Gasteiger partial charge on any atom is 0.410 e. The zero-order chi connectivity index (χ0) is 27.4. The molecule has 1 saturated heterocycles. The van der Waals surface area contributed by atoms with Crippen LogP contribution in [0.1, 0.15) is 33.3 Å². The number of carbonyl (C=O) groups excluding carboxylic acids is 1. The van der Waals surface area contributed by atoms with Crippen LogP contribution in [-0.2, 0) is 11.8 Å². The molecule has 1 amide bonds. The number of fused-ring (bicyclic) bond motifs is 2. The minimum atomic E-state index is -0.571. The summed E-state index contributed by atoms with van der Waals surface area (Å²) in [4.78, 5) is 38.5. The fourth-order valence-corrected chi connectivity index (χ4v) is 4.78. The molecule has 1 aliphatic heterocycles. The number of rotatable bonds is 2. The van der Waals surface area contributed by atoms with Crippen molar-refractivity contribution in [1.82, 2.24) is 24.0 Å². The number of hydrogen-bond donors (Lipinski definition) is 0. The summed E-state index contributed by atoms with van der Waals surface area (Å²) in [5, 5.41) is 9.94. The Labute approximate surface area is 218 Å². The molecular weight excluding hydrogens is 489 g/mol. The normalized spacial score (nSPS) is 16.2. The first-order valence-electron chi connectivity index (χ1n) is 12.3. The van der Waals surface area contributed by atoms with Crippen LogP contribution in [0.3, 0.4) is 0 Å². The molecular formula is C27H28FN7O3. The number of hydrogen-bond acceptors (Lipinski definition) is 7. The van der Waals surface area contributed by atoms with E-state index < -0.39 is 17.1 Å². The van der Waals surface area contributed by atoms with Crippen LogP contribution in [0.2, 0.25) is 0 Å². The van der Waals surface area contributed by atoms with Crippen molar-refractivity contribution >= 4 is 33.8 Å². The molecule has 0 aliphatic carbocycles. The first-order valence-corrected chi connectivity index (χ1v) is 12.3. The molecule has 1 fully saturated rings. The Morgan fingerprint density at radius 3 is 2.63 bits per heavy atom. The van der Waals surface area contributed by atoms with Crippen molar-refractivity contribution in [2.45, 2.75) is 39.3 Å². The van der Waals surface area contributed by atoms with Gasteiger partial charge >= 0.3 is 11.8 Å². The van der Waals surface area contributed by atoms with Gasteiger partial charge in [0.05, 0.1) is 28.3 Å². The van der Waals surface area contributed by atoms with Gasteiger partial charge in [-0.1, -0.05) is 0 Å². The highest BCUT2D eigenvalue weighted by atomic mass is 19.1. The Morgan fingerprint density at radius 1 is 1.18 bits per heavy atom. The van der Waals surface area contributed by atoms with Crippen LogP contribution >= 0.6 is 0 Å². The molecule has 0 unspecified atom stereocenters. The number of benzene rings is 2. The van der Waals surface area contributed by atoms with E-state index in [4.69, 9.17) is 4.74 Å². The summed E-state index contributed by atoms with van der Waals surface area (Å²) >= 11 is 0. The van der Waals surface area contributed by atoms with Crippen LogP contribution in [0.5, 0.6) is 0 Å². The van der Waals surface area contributed by atoms with Gasteiger partial charge in [0, 0.05) is 38.4 Å². The average Bonchev–Trinajstić information content (AvgIpc) is 3.11. The number of amides is 1. The molecule has 196 valence electrons. The van der Waals surface area contributed by atoms with Gasteiger partial charge in [-0.05, 0) is 58.0 Å². The highest BCUT2D eigenvalue weighted by molar-refractivity contribution is 5.86. The van der Waals surface area contributed by atoms with Crippen molar-refractivity contribution in [3.63, 3.8) is 0 Å². The van der Waals surface area contributed by atoms with Crippen molar-refractivity contribution < 1.29 is 13.9 Å². The molecule has 3 heterocycles. The van der Waals surface area contributed by atoms with Crippen LogP contribution in [0.15, 0.2) is 41.3 Å². The van der Waals surface area contributed by atoms with E-state index >= 15 is 0 Å². The maximum absolute atomic E-state index is 13.8. The van der Waals surface area contributed by atoms with Gasteiger partial charge in [-0.3, -0.25) is 9.55 Å². The smallest absolute Gasteiger partial charge is 0.410 e. The van der Waals surface area contributed by atoms with Crippen LogP contribution < -0.4 is 10.6 Å². The third kappa shape index (κ3) is 4.42.